The van der Waals surface area contributed by atoms with Crippen LogP contribution in [-0.2, 0) is 9.47 Å². The van der Waals surface area contributed by atoms with E-state index in [9.17, 15) is 9.59 Å². The number of ether oxygens (including phenoxy) is 2. The number of hydrogen-bond acceptors (Lipinski definition) is 4. The lowest BCUT2D eigenvalue weighted by Gasteiger charge is -2.35. The van der Waals surface area contributed by atoms with E-state index in [0.717, 1.165) is 6.42 Å². The minimum Gasteiger partial charge on any atom is -0.462 e. The lowest BCUT2D eigenvalue weighted by molar-refractivity contribution is -0.0530. The molecule has 126 valence electrons. The van der Waals surface area contributed by atoms with Crippen molar-refractivity contribution in [3.63, 3.8) is 0 Å². The zero-order chi connectivity index (χ0) is 16.8. The molecule has 1 aromatic carbocycles. The number of rotatable bonds is 4. The number of carbonyl (C=O) groups is 2. The molecule has 0 spiro atoms. The number of nitrogens with zero attached hydrogens (tertiary/aromatic N) is 1. The molecule has 0 aromatic heterocycles. The van der Waals surface area contributed by atoms with E-state index in [1.165, 1.54) is 0 Å². The molecule has 0 unspecified atom stereocenters. The van der Waals surface area contributed by atoms with Gasteiger partial charge in [0.25, 0.3) is 0 Å². The van der Waals surface area contributed by atoms with Crippen LogP contribution < -0.4 is 5.32 Å². The molecule has 0 saturated carbocycles. The topological polar surface area (TPSA) is 67.9 Å². The molecule has 2 rings (SSSR count). The molecule has 1 N–H and O–H groups in total. The number of esters is 1. The Bertz CT molecular complexity index is 534. The monoisotopic (exact) mass is 320 g/mol. The van der Waals surface area contributed by atoms with Crippen LogP contribution in [0.25, 0.3) is 0 Å². The van der Waals surface area contributed by atoms with Gasteiger partial charge in [0.05, 0.1) is 24.4 Å². The maximum Gasteiger partial charge on any atom is 0.338 e. The van der Waals surface area contributed by atoms with Gasteiger partial charge in [-0.05, 0) is 44.5 Å². The largest absolute Gasteiger partial charge is 0.462 e. The summed E-state index contributed by atoms with van der Waals surface area (Å²) in [5.41, 5.74) is 1.12. The number of carbonyl (C=O) groups excluding carboxylic acids is 2. The number of morpholine rings is 1. The summed E-state index contributed by atoms with van der Waals surface area (Å²) in [6.07, 6.45) is 0.844. The van der Waals surface area contributed by atoms with Gasteiger partial charge in [-0.15, -0.1) is 0 Å². The summed E-state index contributed by atoms with van der Waals surface area (Å²) in [6.45, 7) is 7.39. The number of amides is 2. The maximum atomic E-state index is 12.3. The summed E-state index contributed by atoms with van der Waals surface area (Å²) in [4.78, 5) is 25.7. The molecular formula is C17H24N2O4. The summed E-state index contributed by atoms with van der Waals surface area (Å²) in [7, 11) is 0. The van der Waals surface area contributed by atoms with E-state index >= 15 is 0 Å². The summed E-state index contributed by atoms with van der Waals surface area (Å²) >= 11 is 0. The van der Waals surface area contributed by atoms with E-state index in [0.29, 0.717) is 30.9 Å². The van der Waals surface area contributed by atoms with Crippen LogP contribution in [0.5, 0.6) is 0 Å². The molecule has 2 atom stereocenters. The Hall–Kier alpha value is -2.08. The first-order chi connectivity index (χ1) is 11.0. The predicted octanol–water partition coefficient (Wildman–Crippen LogP) is 2.89. The summed E-state index contributed by atoms with van der Waals surface area (Å²) in [6, 6.07) is 6.55. The lowest BCUT2D eigenvalue weighted by atomic mass is 10.2. The van der Waals surface area contributed by atoms with Gasteiger partial charge in [0, 0.05) is 18.8 Å². The van der Waals surface area contributed by atoms with E-state index in [1.807, 2.05) is 20.8 Å². The van der Waals surface area contributed by atoms with Crippen LogP contribution in [0.1, 0.15) is 37.6 Å². The molecule has 1 aromatic rings. The van der Waals surface area contributed by atoms with Crippen LogP contribution in [0.3, 0.4) is 0 Å². The van der Waals surface area contributed by atoms with Crippen LogP contribution >= 0.6 is 0 Å². The quantitative estimate of drug-likeness (QED) is 0.866. The first-order valence-corrected chi connectivity index (χ1v) is 7.98. The molecule has 0 aliphatic carbocycles. The molecule has 6 heteroatoms. The van der Waals surface area contributed by atoms with E-state index in [-0.39, 0.29) is 24.2 Å². The van der Waals surface area contributed by atoms with Gasteiger partial charge in [0.1, 0.15) is 0 Å². The molecule has 6 nitrogen and oxygen atoms in total. The van der Waals surface area contributed by atoms with E-state index < -0.39 is 0 Å². The van der Waals surface area contributed by atoms with Crippen molar-refractivity contribution in [2.75, 3.05) is 25.0 Å². The van der Waals surface area contributed by atoms with E-state index in [2.05, 4.69) is 5.32 Å². The Morgan fingerprint density at radius 2 is 1.83 bits per heavy atom. The Balaban J connectivity index is 1.92. The number of anilines is 1. The van der Waals surface area contributed by atoms with Gasteiger partial charge in [-0.3, -0.25) is 0 Å². The molecule has 1 heterocycles. The highest BCUT2D eigenvalue weighted by Gasteiger charge is 2.25. The summed E-state index contributed by atoms with van der Waals surface area (Å²) in [5, 5.41) is 2.84. The first kappa shape index (κ1) is 17.3. The Morgan fingerprint density at radius 3 is 2.39 bits per heavy atom. The molecule has 1 saturated heterocycles. The van der Waals surface area contributed by atoms with Crippen molar-refractivity contribution in [1.82, 2.24) is 4.90 Å². The van der Waals surface area contributed by atoms with Gasteiger partial charge in [-0.2, -0.15) is 0 Å². The van der Waals surface area contributed by atoms with Crippen LogP contribution in [0.15, 0.2) is 24.3 Å². The second-order valence-electron chi connectivity index (χ2n) is 5.81. The Kier molecular flexibility index (Phi) is 5.98. The SMILES string of the molecule is CCCOC(=O)c1ccc(NC(=O)N2C[C@@H](C)O[C@@H](C)C2)cc1. The third-order valence-corrected chi connectivity index (χ3v) is 3.52. The van der Waals surface area contributed by atoms with Crippen LogP contribution in [0.2, 0.25) is 0 Å². The Labute approximate surface area is 136 Å². The fourth-order valence-electron chi connectivity index (χ4n) is 2.51. The predicted molar refractivity (Wildman–Crippen MR) is 87.6 cm³/mol. The van der Waals surface area contributed by atoms with Crippen molar-refractivity contribution >= 4 is 17.7 Å². The van der Waals surface area contributed by atoms with Gasteiger partial charge in [-0.1, -0.05) is 6.92 Å². The summed E-state index contributed by atoms with van der Waals surface area (Å²) < 4.78 is 10.7. The van der Waals surface area contributed by atoms with Crippen molar-refractivity contribution in [3.05, 3.63) is 29.8 Å². The van der Waals surface area contributed by atoms with Gasteiger partial charge < -0.3 is 19.7 Å². The molecule has 1 aliphatic rings. The number of urea groups is 1. The number of nitrogens with one attached hydrogen (secondary N) is 1. The first-order valence-electron chi connectivity index (χ1n) is 7.98. The van der Waals surface area contributed by atoms with E-state index in [1.54, 1.807) is 29.2 Å². The highest BCUT2D eigenvalue weighted by molar-refractivity contribution is 5.92. The second-order valence-corrected chi connectivity index (χ2v) is 5.81. The van der Waals surface area contributed by atoms with E-state index in [4.69, 9.17) is 9.47 Å². The molecule has 2 amide bonds. The third-order valence-electron chi connectivity index (χ3n) is 3.52. The molecule has 0 bridgehead atoms. The van der Waals surface area contributed by atoms with Crippen molar-refractivity contribution in [2.24, 2.45) is 0 Å². The average Bonchev–Trinajstić information content (AvgIpc) is 2.52. The molecule has 1 aliphatic heterocycles. The fourth-order valence-corrected chi connectivity index (χ4v) is 2.51. The molecule has 23 heavy (non-hydrogen) atoms. The average molecular weight is 320 g/mol. The zero-order valence-electron chi connectivity index (χ0n) is 13.9. The highest BCUT2D eigenvalue weighted by Crippen LogP contribution is 2.15. The maximum absolute atomic E-state index is 12.3. The highest BCUT2D eigenvalue weighted by atomic mass is 16.5. The molecule has 0 radical (unpaired) electrons. The van der Waals surface area contributed by atoms with Crippen molar-refractivity contribution in [2.45, 2.75) is 39.4 Å². The fraction of sp³-hybridized carbons (Fsp3) is 0.529. The standard InChI is InChI=1S/C17H24N2O4/c1-4-9-22-16(20)14-5-7-15(8-6-14)18-17(21)19-10-12(2)23-13(3)11-19/h5-8,12-13H,4,9-11H2,1-3H3,(H,18,21)/t12-,13+. The zero-order valence-corrected chi connectivity index (χ0v) is 13.9. The minimum absolute atomic E-state index is 0.0280. The van der Waals surface area contributed by atoms with Gasteiger partial charge in [-0.25, -0.2) is 9.59 Å². The second kappa shape index (κ2) is 7.97. The van der Waals surface area contributed by atoms with Gasteiger partial charge >= 0.3 is 12.0 Å². The minimum atomic E-state index is -0.347. The smallest absolute Gasteiger partial charge is 0.338 e. The van der Waals surface area contributed by atoms with Crippen molar-refractivity contribution in [3.8, 4) is 0 Å². The van der Waals surface area contributed by atoms with Crippen molar-refractivity contribution < 1.29 is 19.1 Å². The van der Waals surface area contributed by atoms with Crippen molar-refractivity contribution in [1.29, 1.82) is 0 Å². The normalized spacial score (nSPS) is 20.9. The van der Waals surface area contributed by atoms with Crippen LogP contribution in [-0.4, -0.2) is 48.8 Å². The number of benzene rings is 1. The summed E-state index contributed by atoms with van der Waals surface area (Å²) in [5.74, 6) is -0.347. The lowest BCUT2D eigenvalue weighted by Crippen LogP contribution is -2.49. The van der Waals surface area contributed by atoms with Gasteiger partial charge in [0.2, 0.25) is 0 Å². The third kappa shape index (κ3) is 4.96. The van der Waals surface area contributed by atoms with Gasteiger partial charge in [0.15, 0.2) is 0 Å². The Morgan fingerprint density at radius 1 is 1.22 bits per heavy atom. The van der Waals surface area contributed by atoms with Crippen LogP contribution in [0, 0.1) is 0 Å². The molecule has 1 fully saturated rings. The number of hydrogen-bond donors (Lipinski definition) is 1. The van der Waals surface area contributed by atoms with Crippen LogP contribution in [0.4, 0.5) is 10.5 Å². The molecular weight excluding hydrogens is 296 g/mol.